The molecule has 3 heterocycles. The average molecular weight is 546 g/mol. The van der Waals surface area contributed by atoms with Crippen LogP contribution >= 0.6 is 11.8 Å². The minimum absolute atomic E-state index is 0.0460. The molecule has 204 valence electrons. The van der Waals surface area contributed by atoms with Gasteiger partial charge in [-0.3, -0.25) is 9.59 Å². The Hall–Kier alpha value is -3.18. The van der Waals surface area contributed by atoms with E-state index in [9.17, 15) is 14.4 Å². The molecule has 0 aromatic heterocycles. The summed E-state index contributed by atoms with van der Waals surface area (Å²) in [6.07, 6.45) is 1.14. The van der Waals surface area contributed by atoms with Crippen molar-refractivity contribution in [2.75, 3.05) is 40.0 Å². The molecule has 1 saturated heterocycles. The normalized spacial score (nSPS) is 19.6. The number of nitrogens with zero attached hydrogens (tertiary/aromatic N) is 3. The summed E-state index contributed by atoms with van der Waals surface area (Å²) < 4.78 is 30.7. The summed E-state index contributed by atoms with van der Waals surface area (Å²) in [5.41, 5.74) is 1.55. The maximum atomic E-state index is 15.1. The van der Waals surface area contributed by atoms with Crippen molar-refractivity contribution in [2.45, 2.75) is 39.2 Å². The lowest BCUT2D eigenvalue weighted by Crippen LogP contribution is -2.42. The van der Waals surface area contributed by atoms with Gasteiger partial charge in [0.15, 0.2) is 5.17 Å². The second kappa shape index (κ2) is 12.6. The minimum atomic E-state index is -0.845. The minimum Gasteiger partial charge on any atom is -0.466 e. The van der Waals surface area contributed by atoms with Crippen LogP contribution in [0.1, 0.15) is 44.7 Å². The molecule has 1 aromatic carbocycles. The van der Waals surface area contributed by atoms with E-state index >= 15 is 4.39 Å². The number of esters is 2. The van der Waals surface area contributed by atoms with Crippen LogP contribution in [0.5, 0.6) is 0 Å². The van der Waals surface area contributed by atoms with Gasteiger partial charge in [-0.2, -0.15) is 0 Å². The number of ether oxygens (including phenoxy) is 3. The van der Waals surface area contributed by atoms with Gasteiger partial charge >= 0.3 is 11.9 Å². The van der Waals surface area contributed by atoms with E-state index in [1.54, 1.807) is 41.8 Å². The van der Waals surface area contributed by atoms with Crippen LogP contribution in [0.2, 0.25) is 0 Å². The second-order valence-corrected chi connectivity index (χ2v) is 9.96. The molecule has 38 heavy (non-hydrogen) atoms. The molecule has 9 nitrogen and oxygen atoms in total. The maximum absolute atomic E-state index is 15.1. The highest BCUT2D eigenvalue weighted by Gasteiger charge is 2.42. The van der Waals surface area contributed by atoms with Gasteiger partial charge in [-0.15, -0.1) is 0 Å². The first kappa shape index (κ1) is 27.8. The van der Waals surface area contributed by atoms with E-state index < -0.39 is 17.8 Å². The number of allylic oxidation sites excluding steroid dienone is 1. The summed E-state index contributed by atoms with van der Waals surface area (Å²) in [5, 5.41) is 2.38. The lowest BCUT2D eigenvalue weighted by atomic mass is 9.93. The number of amides is 1. The van der Waals surface area contributed by atoms with Crippen LogP contribution in [-0.2, 0) is 28.6 Å². The zero-order chi connectivity index (χ0) is 27.2. The van der Waals surface area contributed by atoms with Crippen LogP contribution in [0.15, 0.2) is 51.6 Å². The second-order valence-electron chi connectivity index (χ2n) is 9.13. The Kier molecular flexibility index (Phi) is 9.22. The number of hydrogen-bond acceptors (Lipinski definition) is 9. The average Bonchev–Trinajstić information content (AvgIpc) is 3.30. The van der Waals surface area contributed by atoms with Crippen molar-refractivity contribution < 1.29 is 33.0 Å². The van der Waals surface area contributed by atoms with E-state index in [1.807, 2.05) is 5.41 Å². The number of rotatable bonds is 9. The summed E-state index contributed by atoms with van der Waals surface area (Å²) >= 11 is 1.33. The van der Waals surface area contributed by atoms with E-state index in [0.29, 0.717) is 49.1 Å². The van der Waals surface area contributed by atoms with Crippen molar-refractivity contribution in [3.05, 3.63) is 58.0 Å². The lowest BCUT2D eigenvalue weighted by molar-refractivity contribution is -0.151. The third kappa shape index (κ3) is 5.94. The van der Waals surface area contributed by atoms with Gasteiger partial charge in [0.05, 0.1) is 42.9 Å². The van der Waals surface area contributed by atoms with Gasteiger partial charge in [0, 0.05) is 31.5 Å². The lowest BCUT2D eigenvalue weighted by Gasteiger charge is -2.37. The SMILES string of the molecule is CCOC(=O)C1CCN(C(=O)CC2=CSC3=NC(C)=C(C(=O)OCCOC)[C@@H](c4ccccc4F)N23)CC1. The maximum Gasteiger partial charge on any atom is 0.338 e. The molecule has 1 fully saturated rings. The Labute approximate surface area is 225 Å². The number of benzene rings is 1. The van der Waals surface area contributed by atoms with Crippen molar-refractivity contribution >= 4 is 34.8 Å². The highest BCUT2D eigenvalue weighted by atomic mass is 32.2. The van der Waals surface area contributed by atoms with E-state index in [-0.39, 0.29) is 48.6 Å². The van der Waals surface area contributed by atoms with E-state index in [1.165, 1.54) is 24.9 Å². The van der Waals surface area contributed by atoms with Crippen molar-refractivity contribution in [1.82, 2.24) is 9.80 Å². The van der Waals surface area contributed by atoms with Gasteiger partial charge in [0.25, 0.3) is 0 Å². The number of likely N-dealkylation sites (tertiary alicyclic amines) is 1. The molecule has 0 saturated carbocycles. The zero-order valence-electron chi connectivity index (χ0n) is 21.8. The number of carbonyl (C=O) groups excluding carboxylic acids is 3. The first-order valence-corrected chi connectivity index (χ1v) is 13.5. The largest absolute Gasteiger partial charge is 0.466 e. The van der Waals surface area contributed by atoms with Crippen LogP contribution in [0.25, 0.3) is 0 Å². The number of thioether (sulfide) groups is 1. The topological polar surface area (TPSA) is 97.7 Å². The Morgan fingerprint density at radius 3 is 2.55 bits per heavy atom. The third-order valence-electron chi connectivity index (χ3n) is 6.74. The van der Waals surface area contributed by atoms with Crippen LogP contribution in [0, 0.1) is 11.7 Å². The van der Waals surface area contributed by atoms with Crippen molar-refractivity contribution in [2.24, 2.45) is 10.9 Å². The molecule has 3 aliphatic rings. The number of fused-ring (bicyclic) bond motifs is 1. The summed E-state index contributed by atoms with van der Waals surface area (Å²) in [6, 6.07) is 5.42. The quantitative estimate of drug-likeness (QED) is 0.342. The first-order valence-electron chi connectivity index (χ1n) is 12.6. The number of piperidine rings is 1. The fraction of sp³-hybridized carbons (Fsp3) is 0.481. The Bertz CT molecular complexity index is 1180. The highest BCUT2D eigenvalue weighted by Crippen LogP contribution is 2.45. The molecule has 1 amide bonds. The van der Waals surface area contributed by atoms with Gasteiger partial charge in [-0.05, 0) is 38.2 Å². The summed E-state index contributed by atoms with van der Waals surface area (Å²) in [5.74, 6) is -1.62. The number of halogens is 1. The predicted molar refractivity (Wildman–Crippen MR) is 140 cm³/mol. The molecule has 0 unspecified atom stereocenters. The Morgan fingerprint density at radius 1 is 1.13 bits per heavy atom. The number of methoxy groups -OCH3 is 1. The first-order chi connectivity index (χ1) is 18.3. The standard InChI is InChI=1S/C27H32FN3O6S/c1-4-36-25(33)18-9-11-30(12-10-18)22(32)15-19-16-38-27-29-17(2)23(26(34)37-14-13-35-3)24(31(19)27)20-7-5-6-8-21(20)28/h5-8,16,18,24H,4,9-15H2,1-3H3/t24-/m1/s1. The molecule has 0 spiro atoms. The van der Waals surface area contributed by atoms with Crippen LogP contribution in [0.4, 0.5) is 4.39 Å². The predicted octanol–water partition coefficient (Wildman–Crippen LogP) is 3.78. The molecule has 1 aromatic rings. The summed E-state index contributed by atoms with van der Waals surface area (Å²) in [4.78, 5) is 46.6. The molecule has 4 rings (SSSR count). The summed E-state index contributed by atoms with van der Waals surface area (Å²) in [7, 11) is 1.51. The molecule has 0 radical (unpaired) electrons. The third-order valence-corrected chi connectivity index (χ3v) is 7.63. The van der Waals surface area contributed by atoms with Gasteiger partial charge in [-0.1, -0.05) is 30.0 Å². The Morgan fingerprint density at radius 2 is 1.87 bits per heavy atom. The van der Waals surface area contributed by atoms with Crippen molar-refractivity contribution in [1.29, 1.82) is 0 Å². The number of aliphatic imine (C=N–C) groups is 1. The van der Waals surface area contributed by atoms with Gasteiger partial charge in [0.2, 0.25) is 5.91 Å². The number of hydrogen-bond donors (Lipinski definition) is 0. The van der Waals surface area contributed by atoms with Crippen LogP contribution < -0.4 is 0 Å². The smallest absolute Gasteiger partial charge is 0.338 e. The van der Waals surface area contributed by atoms with E-state index in [2.05, 4.69) is 4.99 Å². The molecule has 0 aliphatic carbocycles. The van der Waals surface area contributed by atoms with E-state index in [4.69, 9.17) is 14.2 Å². The zero-order valence-corrected chi connectivity index (χ0v) is 22.6. The van der Waals surface area contributed by atoms with E-state index in [0.717, 1.165) is 0 Å². The molecule has 3 aliphatic heterocycles. The van der Waals surface area contributed by atoms with Gasteiger partial charge < -0.3 is 24.0 Å². The molecule has 1 atom stereocenters. The molecular weight excluding hydrogens is 513 g/mol. The summed E-state index contributed by atoms with van der Waals surface area (Å²) in [6.45, 7) is 4.99. The monoisotopic (exact) mass is 545 g/mol. The molecule has 0 bridgehead atoms. The fourth-order valence-electron chi connectivity index (χ4n) is 4.81. The molecular formula is C27H32FN3O6S. The fourth-order valence-corrected chi connectivity index (χ4v) is 5.77. The van der Waals surface area contributed by atoms with Crippen LogP contribution in [-0.4, -0.2) is 72.8 Å². The highest BCUT2D eigenvalue weighted by molar-refractivity contribution is 8.16. The van der Waals surface area contributed by atoms with Crippen LogP contribution in [0.3, 0.4) is 0 Å². The molecule has 11 heteroatoms. The Balaban J connectivity index is 1.55. The molecule has 0 N–H and O–H groups in total. The van der Waals surface area contributed by atoms with Crippen molar-refractivity contribution in [3.63, 3.8) is 0 Å². The number of amidine groups is 1. The number of carbonyl (C=O) groups is 3. The van der Waals surface area contributed by atoms with Gasteiger partial charge in [-0.25, -0.2) is 14.2 Å². The van der Waals surface area contributed by atoms with Crippen molar-refractivity contribution in [3.8, 4) is 0 Å². The van der Waals surface area contributed by atoms with Gasteiger partial charge in [0.1, 0.15) is 12.4 Å².